The lowest BCUT2D eigenvalue weighted by molar-refractivity contribution is -0.212. The van der Waals surface area contributed by atoms with Gasteiger partial charge in [-0.1, -0.05) is 44.2 Å². The first kappa shape index (κ1) is 34.8. The van der Waals surface area contributed by atoms with E-state index in [1.54, 1.807) is 44.2 Å². The number of ether oxygens (including phenoxy) is 2. The zero-order valence-electron chi connectivity index (χ0n) is 25.3. The number of benzene rings is 2. The molecule has 242 valence electrons. The summed E-state index contributed by atoms with van der Waals surface area (Å²) in [4.78, 5) is 65.3. The molecule has 1 aliphatic heterocycles. The predicted octanol–water partition coefficient (Wildman–Crippen LogP) is 3.20. The van der Waals surface area contributed by atoms with Crippen molar-refractivity contribution in [3.63, 3.8) is 0 Å². The molecule has 0 aromatic heterocycles. The Morgan fingerprint density at radius 3 is 2.09 bits per heavy atom. The Balaban J connectivity index is 2.06. The van der Waals surface area contributed by atoms with E-state index in [2.05, 4.69) is 5.32 Å². The molecule has 2 N–H and O–H groups in total. The molecule has 0 radical (unpaired) electrons. The lowest BCUT2D eigenvalue weighted by Crippen LogP contribution is -2.57. The second-order valence-corrected chi connectivity index (χ2v) is 10.8. The number of aliphatic hydroxyl groups excluding tert-OH is 1. The maximum absolute atomic E-state index is 13.9. The predicted molar refractivity (Wildman–Crippen MR) is 154 cm³/mol. The molecule has 0 spiro atoms. The van der Waals surface area contributed by atoms with Gasteiger partial charge < -0.3 is 24.8 Å². The van der Waals surface area contributed by atoms with E-state index >= 15 is 0 Å². The molecule has 2 aromatic carbocycles. The summed E-state index contributed by atoms with van der Waals surface area (Å²) in [5.74, 6) is -4.47. The van der Waals surface area contributed by atoms with Crippen molar-refractivity contribution < 1.29 is 51.7 Å². The van der Waals surface area contributed by atoms with Crippen LogP contribution in [0.4, 0.5) is 13.2 Å². The zero-order chi connectivity index (χ0) is 33.6. The number of carbonyl (C=O) groups is 5. The smallest absolute Gasteiger partial charge is 0.416 e. The van der Waals surface area contributed by atoms with Gasteiger partial charge in [-0.25, -0.2) is 0 Å². The summed E-state index contributed by atoms with van der Waals surface area (Å²) in [7, 11) is 0. The molecule has 11 nitrogen and oxygen atoms in total. The van der Waals surface area contributed by atoms with E-state index < -0.39 is 66.5 Å². The van der Waals surface area contributed by atoms with Crippen molar-refractivity contribution >= 4 is 35.4 Å². The minimum absolute atomic E-state index is 0.0268. The van der Waals surface area contributed by atoms with Crippen molar-refractivity contribution in [3.05, 3.63) is 65.9 Å². The third-order valence-electron chi connectivity index (χ3n) is 6.78. The molecule has 3 atom stereocenters. The van der Waals surface area contributed by atoms with Gasteiger partial charge in [-0.15, -0.1) is 0 Å². The lowest BCUT2D eigenvalue weighted by atomic mass is 9.96. The molecule has 3 unspecified atom stereocenters. The number of aliphatic hydroxyl groups is 1. The largest absolute Gasteiger partial charge is 0.423 e. The minimum Gasteiger partial charge on any atom is -0.423 e. The van der Waals surface area contributed by atoms with Gasteiger partial charge in [0.15, 0.2) is 17.6 Å². The van der Waals surface area contributed by atoms with Crippen molar-refractivity contribution in [2.45, 2.75) is 65.4 Å². The van der Waals surface area contributed by atoms with Gasteiger partial charge in [-0.05, 0) is 36.1 Å². The standard InChI is InChI=1S/C31H34F3N3O8/c1-17(2)28-30(43)37(16-27(41)35-23(29(42)31(32,33)34)13-21-9-7-6-8-10-21)24(15-36(28)18(3)38)22-11-12-25(44-19(4)39)26(14-22)45-20(5)40/h6-12,14-15,17,23,28-29,42H,13,16H2,1-5H3,(H,35,41). The first-order valence-corrected chi connectivity index (χ1v) is 13.9. The second kappa shape index (κ2) is 14.4. The molecule has 3 rings (SSSR count). The van der Waals surface area contributed by atoms with Gasteiger partial charge in [0.1, 0.15) is 12.6 Å². The Labute approximate surface area is 257 Å². The van der Waals surface area contributed by atoms with Gasteiger partial charge in [0.25, 0.3) is 5.91 Å². The van der Waals surface area contributed by atoms with Crippen LogP contribution in [0.15, 0.2) is 54.7 Å². The number of esters is 2. The van der Waals surface area contributed by atoms with Crippen LogP contribution in [-0.2, 0) is 30.4 Å². The topological polar surface area (TPSA) is 143 Å². The molecule has 1 heterocycles. The third-order valence-corrected chi connectivity index (χ3v) is 6.78. The Kier molecular flexibility index (Phi) is 11.1. The number of halogens is 3. The number of rotatable bonds is 10. The molecule has 0 fully saturated rings. The molecule has 0 saturated heterocycles. The average Bonchev–Trinajstić information content (AvgIpc) is 2.93. The van der Waals surface area contributed by atoms with E-state index in [9.17, 15) is 42.3 Å². The Bertz CT molecular complexity index is 1480. The van der Waals surface area contributed by atoms with E-state index in [-0.39, 0.29) is 29.2 Å². The summed E-state index contributed by atoms with van der Waals surface area (Å²) in [6, 6.07) is 9.01. The van der Waals surface area contributed by atoms with Gasteiger partial charge in [-0.2, -0.15) is 13.2 Å². The minimum atomic E-state index is -5.06. The highest BCUT2D eigenvalue weighted by Crippen LogP contribution is 2.36. The summed E-state index contributed by atoms with van der Waals surface area (Å²) in [5.41, 5.74) is 0.539. The first-order valence-electron chi connectivity index (χ1n) is 13.9. The Morgan fingerprint density at radius 1 is 0.956 bits per heavy atom. The highest BCUT2D eigenvalue weighted by atomic mass is 19.4. The van der Waals surface area contributed by atoms with Crippen LogP contribution in [0.5, 0.6) is 11.5 Å². The number of hydrogen-bond acceptors (Lipinski definition) is 8. The van der Waals surface area contributed by atoms with E-state index in [1.807, 2.05) is 0 Å². The second-order valence-electron chi connectivity index (χ2n) is 10.8. The third kappa shape index (κ3) is 8.91. The number of alkyl halides is 3. The van der Waals surface area contributed by atoms with Crippen molar-refractivity contribution in [2.75, 3.05) is 6.54 Å². The number of hydrogen-bond donors (Lipinski definition) is 2. The number of amides is 3. The molecular weight excluding hydrogens is 599 g/mol. The quantitative estimate of drug-likeness (QED) is 0.300. The molecule has 0 aliphatic carbocycles. The molecule has 45 heavy (non-hydrogen) atoms. The van der Waals surface area contributed by atoms with Crippen molar-refractivity contribution in [2.24, 2.45) is 5.92 Å². The van der Waals surface area contributed by atoms with Crippen LogP contribution in [0.25, 0.3) is 5.70 Å². The molecule has 14 heteroatoms. The maximum Gasteiger partial charge on any atom is 0.416 e. The summed E-state index contributed by atoms with van der Waals surface area (Å²) >= 11 is 0. The van der Waals surface area contributed by atoms with Gasteiger partial charge in [-0.3, -0.25) is 28.9 Å². The van der Waals surface area contributed by atoms with Crippen LogP contribution < -0.4 is 14.8 Å². The van der Waals surface area contributed by atoms with E-state index in [1.165, 1.54) is 36.2 Å². The Morgan fingerprint density at radius 2 is 1.56 bits per heavy atom. The monoisotopic (exact) mass is 633 g/mol. The normalized spacial score (nSPS) is 16.5. The van der Waals surface area contributed by atoms with Crippen LogP contribution in [0.1, 0.15) is 45.7 Å². The molecule has 0 saturated carbocycles. The summed E-state index contributed by atoms with van der Waals surface area (Å²) in [6.07, 6.45) is -7.02. The number of carbonyl (C=O) groups excluding carboxylic acids is 5. The molecular formula is C31H34F3N3O8. The van der Waals surface area contributed by atoms with Crippen molar-refractivity contribution in [1.82, 2.24) is 15.1 Å². The fraction of sp³-hybridized carbons (Fsp3) is 0.387. The van der Waals surface area contributed by atoms with Gasteiger partial charge in [0.05, 0.1) is 11.7 Å². The molecule has 1 aliphatic rings. The van der Waals surface area contributed by atoms with Crippen LogP contribution in [0.3, 0.4) is 0 Å². The van der Waals surface area contributed by atoms with E-state index in [0.717, 1.165) is 18.7 Å². The van der Waals surface area contributed by atoms with Crippen LogP contribution in [-0.4, -0.2) is 75.5 Å². The number of nitrogens with zero attached hydrogens (tertiary/aromatic N) is 2. The molecule has 2 aromatic rings. The summed E-state index contributed by atoms with van der Waals surface area (Å²) in [6.45, 7) is 6.04. The highest BCUT2D eigenvalue weighted by Gasteiger charge is 2.45. The fourth-order valence-corrected chi connectivity index (χ4v) is 4.84. The van der Waals surface area contributed by atoms with Crippen LogP contribution in [0.2, 0.25) is 0 Å². The van der Waals surface area contributed by atoms with Crippen molar-refractivity contribution in [3.8, 4) is 11.5 Å². The number of nitrogens with one attached hydrogen (secondary N) is 1. The highest BCUT2D eigenvalue weighted by molar-refractivity contribution is 5.99. The zero-order valence-corrected chi connectivity index (χ0v) is 25.3. The van der Waals surface area contributed by atoms with Gasteiger partial charge in [0.2, 0.25) is 11.8 Å². The molecule has 0 bridgehead atoms. The molecule has 3 amide bonds. The van der Waals surface area contributed by atoms with Gasteiger partial charge >= 0.3 is 18.1 Å². The summed E-state index contributed by atoms with van der Waals surface area (Å²) < 4.78 is 51.0. The van der Waals surface area contributed by atoms with Crippen LogP contribution in [0, 0.1) is 5.92 Å². The average molecular weight is 634 g/mol. The van der Waals surface area contributed by atoms with Crippen LogP contribution >= 0.6 is 0 Å². The van der Waals surface area contributed by atoms with E-state index in [0.29, 0.717) is 5.56 Å². The maximum atomic E-state index is 13.9. The van der Waals surface area contributed by atoms with Gasteiger partial charge in [0, 0.05) is 32.5 Å². The SMILES string of the molecule is CC(=O)Oc1ccc(C2=CN(C(C)=O)C(C(C)C)C(=O)N2CC(=O)NC(Cc2ccccc2)C(O)C(F)(F)F)cc1OC(C)=O. The first-order chi connectivity index (χ1) is 21.0. The van der Waals surface area contributed by atoms with E-state index in [4.69, 9.17) is 9.47 Å². The Hall–Kier alpha value is -4.72. The lowest BCUT2D eigenvalue weighted by Gasteiger charge is -2.41. The fourth-order valence-electron chi connectivity index (χ4n) is 4.84. The van der Waals surface area contributed by atoms with Crippen molar-refractivity contribution in [1.29, 1.82) is 0 Å². The summed E-state index contributed by atoms with van der Waals surface area (Å²) in [5, 5.41) is 12.3.